The number of hydrogen-bond donors (Lipinski definition) is 1. The van der Waals surface area contributed by atoms with Crippen LogP contribution in [0, 0.1) is 0 Å². The Hall–Kier alpha value is -1.29. The van der Waals surface area contributed by atoms with Gasteiger partial charge in [-0.25, -0.2) is 4.98 Å². The van der Waals surface area contributed by atoms with Crippen LogP contribution >= 0.6 is 0 Å². The predicted octanol–water partition coefficient (Wildman–Crippen LogP) is 2.52. The van der Waals surface area contributed by atoms with E-state index in [1.807, 2.05) is 6.07 Å². The molecule has 0 unspecified atom stereocenters. The summed E-state index contributed by atoms with van der Waals surface area (Å²) in [5, 5.41) is 3.33. The normalized spacial score (nSPS) is 18.7. The van der Waals surface area contributed by atoms with Gasteiger partial charge in [0.15, 0.2) is 0 Å². The standard InChI is InChI=1S/C14H23N3O/c1-4-8-15-12-6-5-7-13(16-12)17-9-10-18-11-14(17,2)3/h5-7H,4,8-11H2,1-3H3,(H,15,16). The van der Waals surface area contributed by atoms with E-state index in [9.17, 15) is 0 Å². The van der Waals surface area contributed by atoms with Crippen LogP contribution < -0.4 is 10.2 Å². The van der Waals surface area contributed by atoms with Crippen molar-refractivity contribution in [3.63, 3.8) is 0 Å². The zero-order valence-corrected chi connectivity index (χ0v) is 11.6. The molecule has 18 heavy (non-hydrogen) atoms. The van der Waals surface area contributed by atoms with E-state index in [0.717, 1.165) is 44.4 Å². The molecule has 1 aromatic heterocycles. The second-order valence-electron chi connectivity index (χ2n) is 5.32. The summed E-state index contributed by atoms with van der Waals surface area (Å²) >= 11 is 0. The van der Waals surface area contributed by atoms with Crippen LogP contribution in [-0.2, 0) is 4.74 Å². The lowest BCUT2D eigenvalue weighted by molar-refractivity contribution is 0.0639. The van der Waals surface area contributed by atoms with E-state index >= 15 is 0 Å². The second kappa shape index (κ2) is 5.57. The Labute approximate surface area is 109 Å². The molecule has 1 aromatic rings. The maximum absolute atomic E-state index is 5.55. The fraction of sp³-hybridized carbons (Fsp3) is 0.643. The van der Waals surface area contributed by atoms with Crippen molar-refractivity contribution in [1.82, 2.24) is 4.98 Å². The average Bonchev–Trinajstić information content (AvgIpc) is 2.36. The number of aromatic nitrogens is 1. The average molecular weight is 249 g/mol. The molecule has 2 rings (SSSR count). The number of nitrogens with one attached hydrogen (secondary N) is 1. The first-order valence-corrected chi connectivity index (χ1v) is 6.70. The first-order valence-electron chi connectivity index (χ1n) is 6.70. The predicted molar refractivity (Wildman–Crippen MR) is 75.3 cm³/mol. The van der Waals surface area contributed by atoms with E-state index < -0.39 is 0 Å². The number of rotatable bonds is 4. The van der Waals surface area contributed by atoms with Gasteiger partial charge in [-0.3, -0.25) is 0 Å². The first-order chi connectivity index (χ1) is 8.63. The van der Waals surface area contributed by atoms with Crippen molar-refractivity contribution in [3.05, 3.63) is 18.2 Å². The van der Waals surface area contributed by atoms with Gasteiger partial charge in [-0.1, -0.05) is 13.0 Å². The zero-order chi connectivity index (χ0) is 13.0. The van der Waals surface area contributed by atoms with Gasteiger partial charge in [0.25, 0.3) is 0 Å². The van der Waals surface area contributed by atoms with Crippen molar-refractivity contribution in [2.75, 3.05) is 36.5 Å². The van der Waals surface area contributed by atoms with Gasteiger partial charge in [0, 0.05) is 13.1 Å². The van der Waals surface area contributed by atoms with Gasteiger partial charge in [0.2, 0.25) is 0 Å². The largest absolute Gasteiger partial charge is 0.377 e. The van der Waals surface area contributed by atoms with Crippen LogP contribution in [0.4, 0.5) is 11.6 Å². The minimum Gasteiger partial charge on any atom is -0.377 e. The molecule has 0 spiro atoms. The van der Waals surface area contributed by atoms with Gasteiger partial charge in [-0.05, 0) is 32.4 Å². The molecular formula is C14H23N3O. The van der Waals surface area contributed by atoms with E-state index in [1.165, 1.54) is 0 Å². The second-order valence-corrected chi connectivity index (χ2v) is 5.32. The summed E-state index contributed by atoms with van der Waals surface area (Å²) in [6.45, 7) is 9.93. The smallest absolute Gasteiger partial charge is 0.131 e. The third-order valence-electron chi connectivity index (χ3n) is 3.21. The molecule has 1 aliphatic rings. The molecule has 100 valence electrons. The molecule has 1 N–H and O–H groups in total. The third kappa shape index (κ3) is 2.93. The fourth-order valence-electron chi connectivity index (χ4n) is 2.21. The number of anilines is 2. The molecule has 4 heteroatoms. The summed E-state index contributed by atoms with van der Waals surface area (Å²) in [6, 6.07) is 6.16. The summed E-state index contributed by atoms with van der Waals surface area (Å²) in [4.78, 5) is 7.02. The van der Waals surface area contributed by atoms with Crippen LogP contribution in [0.5, 0.6) is 0 Å². The van der Waals surface area contributed by atoms with Crippen LogP contribution in [0.2, 0.25) is 0 Å². The minimum atomic E-state index is 0.00856. The molecule has 0 radical (unpaired) electrons. The highest BCUT2D eigenvalue weighted by atomic mass is 16.5. The Kier molecular flexibility index (Phi) is 4.07. The van der Waals surface area contributed by atoms with Crippen molar-refractivity contribution < 1.29 is 4.74 Å². The lowest BCUT2D eigenvalue weighted by Gasteiger charge is -2.43. The summed E-state index contributed by atoms with van der Waals surface area (Å²) in [6.07, 6.45) is 1.11. The fourth-order valence-corrected chi connectivity index (χ4v) is 2.21. The number of ether oxygens (including phenoxy) is 1. The number of nitrogens with zero attached hydrogens (tertiary/aromatic N) is 2. The molecule has 0 aliphatic carbocycles. The molecule has 2 heterocycles. The topological polar surface area (TPSA) is 37.4 Å². The molecule has 0 amide bonds. The van der Waals surface area contributed by atoms with Crippen LogP contribution in [0.3, 0.4) is 0 Å². The zero-order valence-electron chi connectivity index (χ0n) is 11.6. The molecule has 1 fully saturated rings. The van der Waals surface area contributed by atoms with Gasteiger partial charge >= 0.3 is 0 Å². The molecule has 4 nitrogen and oxygen atoms in total. The Morgan fingerprint density at radius 1 is 1.44 bits per heavy atom. The summed E-state index contributed by atoms with van der Waals surface area (Å²) in [7, 11) is 0. The van der Waals surface area contributed by atoms with Gasteiger partial charge in [0.05, 0.1) is 18.8 Å². The Morgan fingerprint density at radius 3 is 3.00 bits per heavy atom. The maximum atomic E-state index is 5.55. The lowest BCUT2D eigenvalue weighted by Crippen LogP contribution is -2.53. The van der Waals surface area contributed by atoms with Crippen molar-refractivity contribution in [2.45, 2.75) is 32.7 Å². The quantitative estimate of drug-likeness (QED) is 0.889. The maximum Gasteiger partial charge on any atom is 0.131 e. The van der Waals surface area contributed by atoms with E-state index in [0.29, 0.717) is 0 Å². The van der Waals surface area contributed by atoms with E-state index in [-0.39, 0.29) is 5.54 Å². The van der Waals surface area contributed by atoms with E-state index in [2.05, 4.69) is 48.1 Å². The molecule has 1 aliphatic heterocycles. The third-order valence-corrected chi connectivity index (χ3v) is 3.21. The van der Waals surface area contributed by atoms with Crippen molar-refractivity contribution in [1.29, 1.82) is 0 Å². The Balaban J connectivity index is 2.16. The SMILES string of the molecule is CCCNc1cccc(N2CCOCC2(C)C)n1. The highest BCUT2D eigenvalue weighted by Gasteiger charge is 2.31. The summed E-state index contributed by atoms with van der Waals surface area (Å²) < 4.78 is 5.55. The highest BCUT2D eigenvalue weighted by molar-refractivity contribution is 5.49. The Bertz CT molecular complexity index is 392. The number of pyridine rings is 1. The first kappa shape index (κ1) is 13.1. The van der Waals surface area contributed by atoms with Crippen LogP contribution in [0.25, 0.3) is 0 Å². The van der Waals surface area contributed by atoms with Gasteiger partial charge in [-0.15, -0.1) is 0 Å². The minimum absolute atomic E-state index is 0.00856. The van der Waals surface area contributed by atoms with Crippen LogP contribution in [0.1, 0.15) is 27.2 Å². The summed E-state index contributed by atoms with van der Waals surface area (Å²) in [5.74, 6) is 1.99. The molecule has 1 saturated heterocycles. The van der Waals surface area contributed by atoms with Gasteiger partial charge < -0.3 is 15.0 Å². The lowest BCUT2D eigenvalue weighted by atomic mass is 10.0. The number of hydrogen-bond acceptors (Lipinski definition) is 4. The van der Waals surface area contributed by atoms with Crippen LogP contribution in [-0.4, -0.2) is 36.8 Å². The van der Waals surface area contributed by atoms with Crippen molar-refractivity contribution in [3.8, 4) is 0 Å². The molecule has 0 aromatic carbocycles. The van der Waals surface area contributed by atoms with Gasteiger partial charge in [0.1, 0.15) is 11.6 Å². The number of morpholine rings is 1. The monoisotopic (exact) mass is 249 g/mol. The van der Waals surface area contributed by atoms with E-state index in [1.54, 1.807) is 0 Å². The summed E-state index contributed by atoms with van der Waals surface area (Å²) in [5.41, 5.74) is 0.00856. The molecule has 0 bridgehead atoms. The van der Waals surface area contributed by atoms with Crippen LogP contribution in [0.15, 0.2) is 18.2 Å². The van der Waals surface area contributed by atoms with Crippen molar-refractivity contribution >= 4 is 11.6 Å². The van der Waals surface area contributed by atoms with Gasteiger partial charge in [-0.2, -0.15) is 0 Å². The molecular weight excluding hydrogens is 226 g/mol. The molecule has 0 atom stereocenters. The molecule has 0 saturated carbocycles. The Morgan fingerprint density at radius 2 is 2.28 bits per heavy atom. The van der Waals surface area contributed by atoms with Crippen molar-refractivity contribution in [2.24, 2.45) is 0 Å². The highest BCUT2D eigenvalue weighted by Crippen LogP contribution is 2.26. The van der Waals surface area contributed by atoms with E-state index in [4.69, 9.17) is 4.74 Å².